The van der Waals surface area contributed by atoms with Crippen molar-refractivity contribution in [1.82, 2.24) is 9.80 Å². The molecule has 1 aliphatic rings. The number of likely N-dealkylation sites (N-methyl/N-ethyl adjacent to an activating group) is 1. The summed E-state index contributed by atoms with van der Waals surface area (Å²) in [5, 5.41) is 0. The highest BCUT2D eigenvalue weighted by Crippen LogP contribution is 2.24. The van der Waals surface area contributed by atoms with Crippen molar-refractivity contribution in [3.05, 3.63) is 84.2 Å². The molecule has 5 heteroatoms. The Kier molecular flexibility index (Phi) is 10.4. The summed E-state index contributed by atoms with van der Waals surface area (Å²) in [6, 6.07) is 16.3. The quantitative estimate of drug-likeness (QED) is 0.630. The summed E-state index contributed by atoms with van der Waals surface area (Å²) in [5.41, 5.74) is 7.88. The number of hydrogen-bond acceptors (Lipinski definition) is 3. The van der Waals surface area contributed by atoms with Gasteiger partial charge < -0.3 is 15.5 Å². The minimum absolute atomic E-state index is 0.00288. The smallest absolute Gasteiger partial charge is 0.224 e. The molecule has 2 atom stereocenters. The van der Waals surface area contributed by atoms with Gasteiger partial charge in [0, 0.05) is 26.1 Å². The highest BCUT2D eigenvalue weighted by Gasteiger charge is 2.26. The lowest BCUT2D eigenvalue weighted by Crippen LogP contribution is -2.41. The van der Waals surface area contributed by atoms with Crippen LogP contribution in [0.5, 0.6) is 0 Å². The molecule has 31 heavy (non-hydrogen) atoms. The molecule has 168 valence electrons. The number of hydrogen-bond donors (Lipinski definition) is 1. The van der Waals surface area contributed by atoms with Gasteiger partial charge in [0.1, 0.15) is 5.82 Å². The van der Waals surface area contributed by atoms with Gasteiger partial charge in [0.2, 0.25) is 5.91 Å². The van der Waals surface area contributed by atoms with Gasteiger partial charge in [-0.15, -0.1) is 6.58 Å². The van der Waals surface area contributed by atoms with Crippen LogP contribution in [0.3, 0.4) is 0 Å². The number of benzene rings is 2. The lowest BCUT2D eigenvalue weighted by atomic mass is 10.0. The second-order valence-electron chi connectivity index (χ2n) is 8.11. The van der Waals surface area contributed by atoms with Crippen LogP contribution in [-0.4, -0.2) is 48.4 Å². The van der Waals surface area contributed by atoms with Crippen molar-refractivity contribution in [1.29, 1.82) is 0 Å². The first-order valence-electron chi connectivity index (χ1n) is 11.0. The summed E-state index contributed by atoms with van der Waals surface area (Å²) >= 11 is 0. The van der Waals surface area contributed by atoms with Crippen LogP contribution in [0.4, 0.5) is 4.39 Å². The molecular formula is C26H36FN3O. The summed E-state index contributed by atoms with van der Waals surface area (Å²) in [4.78, 5) is 17.2. The Morgan fingerprint density at radius 2 is 1.74 bits per heavy atom. The van der Waals surface area contributed by atoms with Gasteiger partial charge in [-0.1, -0.05) is 54.6 Å². The third-order valence-electron chi connectivity index (χ3n) is 5.55. The maximum atomic E-state index is 13.9. The molecule has 1 fully saturated rings. The SMILES string of the molecule is C=CC.CN(C(=O)CC(N)Cc1ccccc1F)C(CN1CCCC1)c1ccccc1. The minimum Gasteiger partial charge on any atom is -0.337 e. The number of carbonyl (C=O) groups is 1. The molecule has 2 aromatic carbocycles. The zero-order chi connectivity index (χ0) is 22.6. The fourth-order valence-corrected chi connectivity index (χ4v) is 3.90. The van der Waals surface area contributed by atoms with Gasteiger partial charge in [-0.05, 0) is 56.5 Å². The van der Waals surface area contributed by atoms with Crippen LogP contribution in [0.1, 0.15) is 43.4 Å². The van der Waals surface area contributed by atoms with E-state index in [9.17, 15) is 9.18 Å². The van der Waals surface area contributed by atoms with E-state index in [2.05, 4.69) is 23.6 Å². The summed E-state index contributed by atoms with van der Waals surface area (Å²) < 4.78 is 13.9. The highest BCUT2D eigenvalue weighted by atomic mass is 19.1. The van der Waals surface area contributed by atoms with E-state index in [4.69, 9.17) is 5.73 Å². The first kappa shape index (κ1) is 24.8. The fraction of sp³-hybridized carbons (Fsp3) is 0.423. The number of halogens is 1. The minimum atomic E-state index is -0.407. The highest BCUT2D eigenvalue weighted by molar-refractivity contribution is 5.77. The van der Waals surface area contributed by atoms with Gasteiger partial charge in [-0.2, -0.15) is 0 Å². The fourth-order valence-electron chi connectivity index (χ4n) is 3.90. The van der Waals surface area contributed by atoms with Crippen molar-refractivity contribution in [2.24, 2.45) is 5.73 Å². The van der Waals surface area contributed by atoms with Crippen LogP contribution in [0.15, 0.2) is 67.3 Å². The molecule has 1 saturated heterocycles. The number of amides is 1. The zero-order valence-electron chi connectivity index (χ0n) is 18.8. The first-order valence-corrected chi connectivity index (χ1v) is 11.0. The van der Waals surface area contributed by atoms with Gasteiger partial charge in [0.05, 0.1) is 6.04 Å². The largest absolute Gasteiger partial charge is 0.337 e. The molecule has 0 aromatic heterocycles. The summed E-state index contributed by atoms with van der Waals surface area (Å²) in [6.07, 6.45) is 4.74. The lowest BCUT2D eigenvalue weighted by Gasteiger charge is -2.32. The van der Waals surface area contributed by atoms with Crippen molar-refractivity contribution in [2.75, 3.05) is 26.7 Å². The van der Waals surface area contributed by atoms with Crippen LogP contribution in [-0.2, 0) is 11.2 Å². The number of nitrogens with two attached hydrogens (primary N) is 1. The van der Waals surface area contributed by atoms with Gasteiger partial charge in [0.25, 0.3) is 0 Å². The van der Waals surface area contributed by atoms with Crippen LogP contribution in [0.25, 0.3) is 0 Å². The van der Waals surface area contributed by atoms with E-state index >= 15 is 0 Å². The Bertz CT molecular complexity index is 805. The average molecular weight is 426 g/mol. The van der Waals surface area contributed by atoms with E-state index in [1.165, 1.54) is 18.9 Å². The topological polar surface area (TPSA) is 49.6 Å². The first-order chi connectivity index (χ1) is 15.0. The molecule has 0 saturated carbocycles. The third-order valence-corrected chi connectivity index (χ3v) is 5.55. The molecule has 0 aliphatic carbocycles. The second-order valence-corrected chi connectivity index (χ2v) is 8.11. The molecule has 2 aromatic rings. The predicted octanol–water partition coefficient (Wildman–Crippen LogP) is 4.57. The maximum absolute atomic E-state index is 13.9. The number of nitrogens with zero attached hydrogens (tertiary/aromatic N) is 2. The van der Waals surface area contributed by atoms with Crippen molar-refractivity contribution in [2.45, 2.75) is 44.7 Å². The molecule has 0 radical (unpaired) electrons. The predicted molar refractivity (Wildman–Crippen MR) is 126 cm³/mol. The van der Waals surface area contributed by atoms with Crippen LogP contribution in [0.2, 0.25) is 0 Å². The van der Waals surface area contributed by atoms with E-state index < -0.39 is 6.04 Å². The molecule has 1 heterocycles. The van der Waals surface area contributed by atoms with Crippen molar-refractivity contribution >= 4 is 5.91 Å². The molecule has 0 spiro atoms. The second kappa shape index (κ2) is 13.0. The number of carbonyl (C=O) groups excluding carboxylic acids is 1. The molecule has 0 bridgehead atoms. The molecular weight excluding hydrogens is 389 g/mol. The van der Waals surface area contributed by atoms with Crippen molar-refractivity contribution in [3.63, 3.8) is 0 Å². The number of likely N-dealkylation sites (tertiary alicyclic amines) is 1. The summed E-state index contributed by atoms with van der Waals surface area (Å²) in [6.45, 7) is 8.24. The van der Waals surface area contributed by atoms with E-state index in [1.54, 1.807) is 24.3 Å². The van der Waals surface area contributed by atoms with E-state index in [1.807, 2.05) is 37.1 Å². The lowest BCUT2D eigenvalue weighted by molar-refractivity contribution is -0.132. The summed E-state index contributed by atoms with van der Waals surface area (Å²) in [7, 11) is 1.85. The molecule has 4 nitrogen and oxygen atoms in total. The molecule has 2 unspecified atom stereocenters. The Morgan fingerprint density at radius 1 is 1.16 bits per heavy atom. The summed E-state index contributed by atoms with van der Waals surface area (Å²) in [5.74, 6) is -0.271. The molecule has 2 N–H and O–H groups in total. The van der Waals surface area contributed by atoms with Crippen LogP contribution < -0.4 is 5.73 Å². The van der Waals surface area contributed by atoms with Gasteiger partial charge in [0.15, 0.2) is 0 Å². The average Bonchev–Trinajstić information content (AvgIpc) is 3.28. The Balaban J connectivity index is 0.00000107. The molecule has 1 amide bonds. The monoisotopic (exact) mass is 425 g/mol. The maximum Gasteiger partial charge on any atom is 0.224 e. The number of rotatable bonds is 8. The van der Waals surface area contributed by atoms with E-state index in [-0.39, 0.29) is 24.2 Å². The molecule has 3 rings (SSSR count). The van der Waals surface area contributed by atoms with Crippen molar-refractivity contribution < 1.29 is 9.18 Å². The van der Waals surface area contributed by atoms with E-state index in [0.29, 0.717) is 12.0 Å². The van der Waals surface area contributed by atoms with Crippen LogP contribution in [0, 0.1) is 5.82 Å². The Hall–Kier alpha value is -2.50. The van der Waals surface area contributed by atoms with Gasteiger partial charge in [-0.3, -0.25) is 4.79 Å². The third kappa shape index (κ3) is 7.93. The number of allylic oxidation sites excluding steroid dienone is 1. The Morgan fingerprint density at radius 3 is 2.35 bits per heavy atom. The van der Waals surface area contributed by atoms with Crippen molar-refractivity contribution in [3.8, 4) is 0 Å². The zero-order valence-corrected chi connectivity index (χ0v) is 18.8. The Labute approximate surface area is 186 Å². The van der Waals surface area contributed by atoms with Gasteiger partial charge >= 0.3 is 0 Å². The standard InChI is InChI=1S/C23H30FN3O.C3H6/c1-26(23(28)16-20(25)15-19-11-5-6-12-21(19)24)22(17-27-13-7-8-14-27)18-9-3-2-4-10-18;1-3-2/h2-6,9-12,20,22H,7-8,13-17,25H2,1H3;3H,1H2,2H3. The molecule has 1 aliphatic heterocycles. The van der Waals surface area contributed by atoms with E-state index in [0.717, 1.165) is 25.2 Å². The van der Waals surface area contributed by atoms with Gasteiger partial charge in [-0.25, -0.2) is 4.39 Å². The normalized spacial score (nSPS) is 15.5. The van der Waals surface area contributed by atoms with Crippen LogP contribution >= 0.6 is 0 Å².